The first kappa shape index (κ1) is 17.3. The lowest BCUT2D eigenvalue weighted by molar-refractivity contribution is -0.0229. The fraction of sp³-hybridized carbons (Fsp3) is 0.389. The number of para-hydroxylation sites is 1. The Morgan fingerprint density at radius 2 is 2.16 bits per heavy atom. The van der Waals surface area contributed by atoms with Gasteiger partial charge in [0.25, 0.3) is 5.91 Å². The third-order valence-electron chi connectivity index (χ3n) is 4.27. The molecule has 132 valence electrons. The van der Waals surface area contributed by atoms with E-state index in [0.29, 0.717) is 25.4 Å². The number of nitrogens with zero attached hydrogens (tertiary/aromatic N) is 3. The van der Waals surface area contributed by atoms with E-state index < -0.39 is 17.2 Å². The second kappa shape index (κ2) is 7.14. The molecule has 25 heavy (non-hydrogen) atoms. The Labute approximate surface area is 144 Å². The van der Waals surface area contributed by atoms with Crippen LogP contribution in [0, 0.1) is 12.7 Å². The van der Waals surface area contributed by atoms with Crippen LogP contribution in [0.5, 0.6) is 0 Å². The minimum Gasteiger partial charge on any atom is -0.375 e. The molecular weight excluding hydrogens is 325 g/mol. The predicted molar refractivity (Wildman–Crippen MR) is 90.5 cm³/mol. The molecule has 2 heterocycles. The van der Waals surface area contributed by atoms with Crippen molar-refractivity contribution in [3.63, 3.8) is 0 Å². The van der Waals surface area contributed by atoms with Crippen molar-refractivity contribution in [2.45, 2.75) is 26.4 Å². The molecule has 0 bridgehead atoms. The number of amides is 1. The van der Waals surface area contributed by atoms with Gasteiger partial charge in [-0.2, -0.15) is 5.10 Å². The molecular formula is C18H20FN3O3. The predicted octanol–water partition coefficient (Wildman–Crippen LogP) is 1.93. The van der Waals surface area contributed by atoms with Gasteiger partial charge in [0.2, 0.25) is 5.43 Å². The highest BCUT2D eigenvalue weighted by atomic mass is 19.1. The van der Waals surface area contributed by atoms with E-state index in [9.17, 15) is 14.0 Å². The second-order valence-electron chi connectivity index (χ2n) is 6.01. The van der Waals surface area contributed by atoms with Gasteiger partial charge in [-0.25, -0.2) is 9.07 Å². The second-order valence-corrected chi connectivity index (χ2v) is 6.01. The Bertz CT molecular complexity index is 850. The van der Waals surface area contributed by atoms with E-state index in [1.54, 1.807) is 30.0 Å². The Morgan fingerprint density at radius 3 is 2.88 bits per heavy atom. The number of benzene rings is 1. The molecule has 3 rings (SSSR count). The maximum absolute atomic E-state index is 14.1. The van der Waals surface area contributed by atoms with E-state index in [4.69, 9.17) is 4.74 Å². The van der Waals surface area contributed by atoms with Gasteiger partial charge in [-0.05, 0) is 25.5 Å². The number of hydrogen-bond acceptors (Lipinski definition) is 4. The fourth-order valence-corrected chi connectivity index (χ4v) is 2.86. The van der Waals surface area contributed by atoms with Crippen LogP contribution in [0.4, 0.5) is 4.39 Å². The van der Waals surface area contributed by atoms with E-state index >= 15 is 0 Å². The maximum Gasteiger partial charge on any atom is 0.278 e. The smallest absolute Gasteiger partial charge is 0.278 e. The number of ether oxygens (including phenoxy) is 1. The summed E-state index contributed by atoms with van der Waals surface area (Å²) in [4.78, 5) is 26.6. The first-order valence-corrected chi connectivity index (χ1v) is 8.28. The average Bonchev–Trinajstić information content (AvgIpc) is 2.62. The van der Waals surface area contributed by atoms with E-state index in [1.807, 2.05) is 6.92 Å². The van der Waals surface area contributed by atoms with Crippen molar-refractivity contribution in [1.29, 1.82) is 0 Å². The number of carbonyl (C=O) groups is 1. The minimum absolute atomic E-state index is 0.0445. The van der Waals surface area contributed by atoms with Crippen LogP contribution in [0.25, 0.3) is 5.69 Å². The Hall–Kier alpha value is -2.54. The van der Waals surface area contributed by atoms with E-state index in [0.717, 1.165) is 6.42 Å². The van der Waals surface area contributed by atoms with Crippen LogP contribution < -0.4 is 5.43 Å². The number of halogens is 1. The van der Waals surface area contributed by atoms with Gasteiger partial charge in [-0.1, -0.05) is 19.1 Å². The van der Waals surface area contributed by atoms with E-state index in [1.165, 1.54) is 16.8 Å². The highest BCUT2D eigenvalue weighted by molar-refractivity contribution is 5.92. The summed E-state index contributed by atoms with van der Waals surface area (Å²) in [5.41, 5.74) is -0.0113. The summed E-state index contributed by atoms with van der Waals surface area (Å²) >= 11 is 0. The van der Waals surface area contributed by atoms with Gasteiger partial charge in [0.1, 0.15) is 11.5 Å². The first-order chi connectivity index (χ1) is 12.0. The maximum atomic E-state index is 14.1. The van der Waals surface area contributed by atoms with Gasteiger partial charge in [0.05, 0.1) is 12.7 Å². The van der Waals surface area contributed by atoms with Crippen molar-refractivity contribution >= 4 is 5.91 Å². The number of aromatic nitrogens is 2. The molecule has 7 heteroatoms. The van der Waals surface area contributed by atoms with Crippen LogP contribution >= 0.6 is 0 Å². The molecule has 0 unspecified atom stereocenters. The summed E-state index contributed by atoms with van der Waals surface area (Å²) in [6.07, 6.45) is 0.738. The van der Waals surface area contributed by atoms with Crippen molar-refractivity contribution < 1.29 is 13.9 Å². The molecule has 0 N–H and O–H groups in total. The summed E-state index contributed by atoms with van der Waals surface area (Å²) in [5.74, 6) is -0.922. The third kappa shape index (κ3) is 3.46. The molecule has 1 aliphatic heterocycles. The number of hydrogen-bond donors (Lipinski definition) is 0. The Morgan fingerprint density at radius 1 is 1.40 bits per heavy atom. The largest absolute Gasteiger partial charge is 0.375 e. The van der Waals surface area contributed by atoms with Crippen LogP contribution in [0.15, 0.2) is 35.1 Å². The highest BCUT2D eigenvalue weighted by Gasteiger charge is 2.27. The molecule has 1 aromatic carbocycles. The lowest BCUT2D eigenvalue weighted by atomic mass is 10.2. The molecule has 2 aromatic rings. The molecule has 1 atom stereocenters. The van der Waals surface area contributed by atoms with Gasteiger partial charge in [0, 0.05) is 24.8 Å². The summed E-state index contributed by atoms with van der Waals surface area (Å²) in [7, 11) is 0. The molecule has 0 saturated carbocycles. The van der Waals surface area contributed by atoms with Crippen LogP contribution in [-0.2, 0) is 4.74 Å². The lowest BCUT2D eigenvalue weighted by Crippen LogP contribution is -2.47. The topological polar surface area (TPSA) is 64.4 Å². The summed E-state index contributed by atoms with van der Waals surface area (Å²) in [6, 6.07) is 7.42. The van der Waals surface area contributed by atoms with Crippen molar-refractivity contribution in [3.8, 4) is 5.69 Å². The zero-order valence-corrected chi connectivity index (χ0v) is 14.2. The normalized spacial score (nSPS) is 17.6. The van der Waals surface area contributed by atoms with Gasteiger partial charge in [-0.3, -0.25) is 9.59 Å². The summed E-state index contributed by atoms with van der Waals surface area (Å²) < 4.78 is 20.9. The van der Waals surface area contributed by atoms with Crippen molar-refractivity contribution in [2.24, 2.45) is 0 Å². The SMILES string of the molecule is CC[C@@H]1CN(C(=O)c2nn(-c3ccccc3F)c(C)cc2=O)CCO1. The number of morpholine rings is 1. The quantitative estimate of drug-likeness (QED) is 0.853. The average molecular weight is 345 g/mol. The first-order valence-electron chi connectivity index (χ1n) is 8.28. The zero-order valence-electron chi connectivity index (χ0n) is 14.2. The summed E-state index contributed by atoms with van der Waals surface area (Å²) in [5, 5.41) is 4.16. The van der Waals surface area contributed by atoms with Crippen molar-refractivity contribution in [3.05, 3.63) is 57.8 Å². The zero-order chi connectivity index (χ0) is 18.0. The molecule has 1 aromatic heterocycles. The van der Waals surface area contributed by atoms with Crippen LogP contribution in [-0.4, -0.2) is 46.4 Å². The third-order valence-corrected chi connectivity index (χ3v) is 4.27. The van der Waals surface area contributed by atoms with Crippen molar-refractivity contribution in [1.82, 2.24) is 14.7 Å². The molecule has 0 radical (unpaired) electrons. The molecule has 6 nitrogen and oxygen atoms in total. The highest BCUT2D eigenvalue weighted by Crippen LogP contribution is 2.14. The molecule has 0 aliphatic carbocycles. The van der Waals surface area contributed by atoms with Gasteiger partial charge < -0.3 is 9.64 Å². The molecule has 1 fully saturated rings. The van der Waals surface area contributed by atoms with Gasteiger partial charge in [0.15, 0.2) is 5.69 Å². The number of carbonyl (C=O) groups excluding carboxylic acids is 1. The fourth-order valence-electron chi connectivity index (χ4n) is 2.86. The monoisotopic (exact) mass is 345 g/mol. The Balaban J connectivity index is 2.00. The summed E-state index contributed by atoms with van der Waals surface area (Å²) in [6.45, 7) is 4.89. The molecule has 1 aliphatic rings. The van der Waals surface area contributed by atoms with Gasteiger partial charge >= 0.3 is 0 Å². The van der Waals surface area contributed by atoms with Crippen LogP contribution in [0.2, 0.25) is 0 Å². The van der Waals surface area contributed by atoms with Crippen LogP contribution in [0.3, 0.4) is 0 Å². The van der Waals surface area contributed by atoms with Gasteiger partial charge in [-0.15, -0.1) is 0 Å². The molecule has 0 spiro atoms. The lowest BCUT2D eigenvalue weighted by Gasteiger charge is -2.32. The number of rotatable bonds is 3. The van der Waals surface area contributed by atoms with E-state index in [2.05, 4.69) is 5.10 Å². The molecule has 1 amide bonds. The van der Waals surface area contributed by atoms with Crippen molar-refractivity contribution in [2.75, 3.05) is 19.7 Å². The number of aryl methyl sites for hydroxylation is 1. The van der Waals surface area contributed by atoms with E-state index in [-0.39, 0.29) is 17.5 Å². The molecule has 1 saturated heterocycles. The Kier molecular flexibility index (Phi) is 4.94. The standard InChI is InChI=1S/C18H20FN3O3/c1-3-13-11-21(8-9-25-13)18(24)17-16(23)10-12(2)22(20-17)15-7-5-4-6-14(15)19/h4-7,10,13H,3,8-9,11H2,1-2H3/t13-/m1/s1. The van der Waals surface area contributed by atoms with Crippen LogP contribution in [0.1, 0.15) is 29.5 Å². The minimum atomic E-state index is -0.474.